The summed E-state index contributed by atoms with van der Waals surface area (Å²) in [6.07, 6.45) is -8.03. The Hall–Kier alpha value is -2.00. The molecule has 0 unspecified atom stereocenters. The van der Waals surface area contributed by atoms with Crippen LogP contribution in [-0.4, -0.2) is 72.6 Å². The van der Waals surface area contributed by atoms with Crippen molar-refractivity contribution in [2.24, 2.45) is 0 Å². The molecule has 0 fully saturated rings. The third-order valence-electron chi connectivity index (χ3n) is 3.95. The highest BCUT2D eigenvalue weighted by molar-refractivity contribution is 5.79. The molecule has 0 aromatic rings. The second-order valence-corrected chi connectivity index (χ2v) is 6.16. The average molecular weight is 578 g/mol. The Balaban J connectivity index is 7.12. The van der Waals surface area contributed by atoms with Crippen molar-refractivity contribution < 1.29 is 102 Å². The van der Waals surface area contributed by atoms with Crippen LogP contribution in [0.1, 0.15) is 0 Å². The lowest BCUT2D eigenvalue weighted by Crippen LogP contribution is -2.77. The Morgan fingerprint density at radius 2 is 0.600 bits per heavy atom. The molecular weight excluding hydrogens is 575 g/mol. The van der Waals surface area contributed by atoms with Crippen molar-refractivity contribution in [3.8, 4) is 0 Å². The molecule has 0 saturated carbocycles. The van der Waals surface area contributed by atoms with Crippen molar-refractivity contribution >= 4 is 5.97 Å². The maximum Gasteiger partial charge on any atom is 0.460 e. The second kappa shape index (κ2) is 8.00. The van der Waals surface area contributed by atoms with Gasteiger partial charge in [-0.2, -0.15) is 92.2 Å². The highest BCUT2D eigenvalue weighted by Crippen LogP contribution is 2.66. The minimum absolute atomic E-state index is 0.352. The van der Waals surface area contributed by atoms with Gasteiger partial charge in [0.25, 0.3) is 0 Å². The molecule has 0 radical (unpaired) electrons. The van der Waals surface area contributed by atoms with E-state index in [1.807, 2.05) is 0 Å². The van der Waals surface area contributed by atoms with E-state index in [0.717, 1.165) is 0 Å². The number of esters is 1. The number of carbonyl (C=O) groups excluding carboxylic acids is 1. The fourth-order valence-corrected chi connectivity index (χ4v) is 1.81. The van der Waals surface area contributed by atoms with E-state index in [1.54, 1.807) is 0 Å². The Bertz CT molecular complexity index is 806. The normalized spacial score (nSPS) is 16.4. The monoisotopic (exact) mass is 578 g/mol. The molecule has 0 aliphatic heterocycles. The maximum absolute atomic E-state index is 13.4. The third-order valence-corrected chi connectivity index (χ3v) is 3.95. The minimum Gasteiger partial charge on any atom is -0.464 e. The maximum atomic E-state index is 13.4. The second-order valence-electron chi connectivity index (χ2n) is 6.16. The zero-order valence-corrected chi connectivity index (χ0v) is 15.3. The van der Waals surface area contributed by atoms with Gasteiger partial charge in [0.15, 0.2) is 0 Å². The Labute approximate surface area is 176 Å². The van der Waals surface area contributed by atoms with E-state index in [-0.39, 0.29) is 7.11 Å². The zero-order chi connectivity index (χ0) is 29.3. The minimum atomic E-state index is -9.25. The van der Waals surface area contributed by atoms with Gasteiger partial charge in [-0.05, 0) is 0 Å². The molecule has 0 N–H and O–H groups in total. The van der Waals surface area contributed by atoms with Crippen LogP contribution in [0.4, 0.5) is 92.2 Å². The van der Waals surface area contributed by atoms with Gasteiger partial charge in [0.05, 0.1) is 7.11 Å². The molecule has 0 rings (SSSR count). The van der Waals surface area contributed by atoms with Crippen LogP contribution in [0.3, 0.4) is 0 Å². The van der Waals surface area contributed by atoms with Crippen LogP contribution < -0.4 is 0 Å². The Kier molecular flexibility index (Phi) is 7.54. The lowest BCUT2D eigenvalue weighted by molar-refractivity contribution is -0.473. The molecule has 0 heterocycles. The number of methoxy groups -OCH3 is 1. The first-order valence-electron chi connectivity index (χ1n) is 7.29. The quantitative estimate of drug-likeness (QED) is 0.233. The van der Waals surface area contributed by atoms with Crippen LogP contribution in [0.2, 0.25) is 0 Å². The highest BCUT2D eigenvalue weighted by atomic mass is 19.4. The lowest BCUT2D eigenvalue weighted by atomic mass is 9.86. The first-order valence-corrected chi connectivity index (χ1v) is 7.29. The molecular formula is C12H3F21O2. The molecule has 2 nitrogen and oxygen atoms in total. The molecule has 0 aliphatic rings. The zero-order valence-electron chi connectivity index (χ0n) is 15.3. The van der Waals surface area contributed by atoms with Crippen molar-refractivity contribution in [2.75, 3.05) is 7.11 Å². The number of rotatable bonds is 9. The molecule has 0 atom stereocenters. The van der Waals surface area contributed by atoms with E-state index in [0.29, 0.717) is 0 Å². The predicted octanol–water partition coefficient (Wildman–Crippen LogP) is 6.44. The molecule has 23 heteroatoms. The molecule has 0 aromatic carbocycles. The SMILES string of the molecule is COC(=O)C(F)(F)C(F)(F)C(F)(F)C(F)(F)C(F)(F)C(F)(F)C(F)(F)C(F)(F)C(F)(F)C(F)(F)F. The fourth-order valence-electron chi connectivity index (χ4n) is 1.81. The number of hydrogen-bond acceptors (Lipinski definition) is 2. The van der Waals surface area contributed by atoms with E-state index < -0.39 is 65.4 Å². The first-order chi connectivity index (χ1) is 14.7. The van der Waals surface area contributed by atoms with Crippen LogP contribution in [0.15, 0.2) is 0 Å². The van der Waals surface area contributed by atoms with Gasteiger partial charge in [-0.3, -0.25) is 0 Å². The molecule has 0 aromatic heterocycles. The van der Waals surface area contributed by atoms with Crippen molar-refractivity contribution in [3.63, 3.8) is 0 Å². The van der Waals surface area contributed by atoms with Crippen LogP contribution in [-0.2, 0) is 9.53 Å². The summed E-state index contributed by atoms with van der Waals surface area (Å²) in [5.74, 6) is -82.6. The summed E-state index contributed by atoms with van der Waals surface area (Å²) in [5, 5.41) is 0. The van der Waals surface area contributed by atoms with Crippen molar-refractivity contribution in [1.82, 2.24) is 0 Å². The summed E-state index contributed by atoms with van der Waals surface area (Å²) in [4.78, 5) is 10.4. The number of hydrogen-bond donors (Lipinski definition) is 0. The van der Waals surface area contributed by atoms with Crippen molar-refractivity contribution in [1.29, 1.82) is 0 Å². The summed E-state index contributed by atoms with van der Waals surface area (Å²) in [6, 6.07) is 0. The van der Waals surface area contributed by atoms with Gasteiger partial charge in [-0.25, -0.2) is 4.79 Å². The smallest absolute Gasteiger partial charge is 0.460 e. The van der Waals surface area contributed by atoms with E-state index in [2.05, 4.69) is 4.74 Å². The molecule has 0 amide bonds. The lowest BCUT2D eigenvalue weighted by Gasteiger charge is -2.44. The van der Waals surface area contributed by atoms with Gasteiger partial charge in [0.1, 0.15) is 0 Å². The predicted molar refractivity (Wildman–Crippen MR) is 62.6 cm³/mol. The average Bonchev–Trinajstić information content (AvgIpc) is 2.64. The number of halogens is 21. The molecule has 0 aliphatic carbocycles. The van der Waals surface area contributed by atoms with Crippen LogP contribution >= 0.6 is 0 Å². The van der Waals surface area contributed by atoms with E-state index in [4.69, 9.17) is 0 Å². The van der Waals surface area contributed by atoms with Crippen molar-refractivity contribution in [3.05, 3.63) is 0 Å². The number of ether oxygens (including phenoxy) is 1. The van der Waals surface area contributed by atoms with Crippen LogP contribution in [0.5, 0.6) is 0 Å². The summed E-state index contributed by atoms with van der Waals surface area (Å²) in [6.45, 7) is 0. The van der Waals surface area contributed by atoms with Crippen LogP contribution in [0.25, 0.3) is 0 Å². The topological polar surface area (TPSA) is 26.3 Å². The van der Waals surface area contributed by atoms with E-state index >= 15 is 0 Å². The first kappa shape index (κ1) is 33.0. The number of alkyl halides is 21. The third kappa shape index (κ3) is 3.80. The summed E-state index contributed by atoms with van der Waals surface area (Å²) in [5.41, 5.74) is 0. The van der Waals surface area contributed by atoms with Crippen molar-refractivity contribution in [2.45, 2.75) is 59.5 Å². The van der Waals surface area contributed by atoms with Gasteiger partial charge >= 0.3 is 65.4 Å². The van der Waals surface area contributed by atoms with Crippen LogP contribution in [0, 0.1) is 0 Å². The highest BCUT2D eigenvalue weighted by Gasteiger charge is 2.98. The molecule has 0 bridgehead atoms. The van der Waals surface area contributed by atoms with E-state index in [1.165, 1.54) is 0 Å². The molecule has 210 valence electrons. The standard InChI is InChI=1S/C12H3F21O2/c1-35-2(34)3(13,14)4(15,16)5(17,18)6(19,20)7(21,22)8(23,24)9(25,26)10(27,28)11(29,30)12(31,32)33/h1H3. The van der Waals surface area contributed by atoms with E-state index in [9.17, 15) is 97.0 Å². The molecule has 0 spiro atoms. The van der Waals surface area contributed by atoms with Gasteiger partial charge < -0.3 is 4.74 Å². The Morgan fingerprint density at radius 1 is 0.400 bits per heavy atom. The Morgan fingerprint density at radius 3 is 0.800 bits per heavy atom. The molecule has 35 heavy (non-hydrogen) atoms. The van der Waals surface area contributed by atoms with Gasteiger partial charge in [-0.1, -0.05) is 0 Å². The van der Waals surface area contributed by atoms with Gasteiger partial charge in [0.2, 0.25) is 0 Å². The van der Waals surface area contributed by atoms with Gasteiger partial charge in [0, 0.05) is 0 Å². The largest absolute Gasteiger partial charge is 0.464 e. The number of carbonyl (C=O) groups is 1. The summed E-state index contributed by atoms with van der Waals surface area (Å²) in [7, 11) is -0.352. The van der Waals surface area contributed by atoms with Gasteiger partial charge in [-0.15, -0.1) is 0 Å². The summed E-state index contributed by atoms with van der Waals surface area (Å²) >= 11 is 0. The fraction of sp³-hybridized carbons (Fsp3) is 0.917. The summed E-state index contributed by atoms with van der Waals surface area (Å²) < 4.78 is 275. The molecule has 0 saturated heterocycles.